The highest BCUT2D eigenvalue weighted by atomic mass is 19.4. The minimum absolute atomic E-state index is 0.277. The minimum atomic E-state index is -4.66. The fourth-order valence-corrected chi connectivity index (χ4v) is 2.50. The van der Waals surface area contributed by atoms with E-state index in [1.807, 2.05) is 0 Å². The molecule has 0 aromatic heterocycles. The predicted octanol–water partition coefficient (Wildman–Crippen LogP) is 4.28. The highest BCUT2D eigenvalue weighted by molar-refractivity contribution is 6.10. The van der Waals surface area contributed by atoms with E-state index in [9.17, 15) is 23.2 Å². The number of carbonyl (C=O) groups is 1. The number of rotatable bonds is 6. The quantitative estimate of drug-likeness (QED) is 0.572. The van der Waals surface area contributed by atoms with E-state index >= 15 is 0 Å². The van der Waals surface area contributed by atoms with E-state index < -0.39 is 28.9 Å². The van der Waals surface area contributed by atoms with Gasteiger partial charge in [0.25, 0.3) is 5.91 Å². The van der Waals surface area contributed by atoms with E-state index in [0.717, 1.165) is 12.1 Å². The Balaban J connectivity index is 2.44. The molecule has 0 spiro atoms. The van der Waals surface area contributed by atoms with Gasteiger partial charge in [-0.25, -0.2) is 0 Å². The van der Waals surface area contributed by atoms with E-state index in [0.29, 0.717) is 17.1 Å². The molecular weight excluding hydrogens is 389 g/mol. The lowest BCUT2D eigenvalue weighted by atomic mass is 10.1. The monoisotopic (exact) mass is 406 g/mol. The Labute approximate surface area is 165 Å². The third-order valence-electron chi connectivity index (χ3n) is 3.88. The lowest BCUT2D eigenvalue weighted by Crippen LogP contribution is -2.17. The van der Waals surface area contributed by atoms with Crippen LogP contribution in [-0.2, 0) is 11.0 Å². The Morgan fingerprint density at radius 1 is 1.03 bits per heavy atom. The number of para-hydroxylation sites is 1. The summed E-state index contributed by atoms with van der Waals surface area (Å²) in [5, 5.41) is 11.5. The molecule has 0 saturated carbocycles. The summed E-state index contributed by atoms with van der Waals surface area (Å²) < 4.78 is 54.9. The number of benzene rings is 2. The second-order valence-electron chi connectivity index (χ2n) is 5.62. The smallest absolute Gasteiger partial charge is 0.418 e. The van der Waals surface area contributed by atoms with Crippen LogP contribution >= 0.6 is 0 Å². The molecule has 2 aromatic rings. The molecular formula is C20H17F3N2O4. The second kappa shape index (κ2) is 9.01. The number of amides is 1. The van der Waals surface area contributed by atoms with Crippen molar-refractivity contribution >= 4 is 17.7 Å². The van der Waals surface area contributed by atoms with Crippen LogP contribution in [0.1, 0.15) is 11.1 Å². The largest absolute Gasteiger partial charge is 0.496 e. The van der Waals surface area contributed by atoms with Gasteiger partial charge >= 0.3 is 6.18 Å². The Morgan fingerprint density at radius 2 is 1.62 bits per heavy atom. The van der Waals surface area contributed by atoms with Gasteiger partial charge in [-0.05, 0) is 24.3 Å². The SMILES string of the molecule is COc1cc(OC)c(OC)cc1/C=C(\C#N)C(=O)Nc1ccccc1C(F)(F)F. The standard InChI is InChI=1S/C20H17F3N2O4/c1-27-16-10-18(29-3)17(28-2)9-12(16)8-13(11-24)19(26)25-15-7-5-4-6-14(15)20(21,22)23/h4-10H,1-3H3,(H,25,26)/b13-8+. The number of halogens is 3. The van der Waals surface area contributed by atoms with Crippen molar-refractivity contribution in [1.29, 1.82) is 5.26 Å². The summed E-state index contributed by atoms with van der Waals surface area (Å²) in [5.41, 5.74) is -1.59. The molecule has 0 aliphatic heterocycles. The average Bonchev–Trinajstić information content (AvgIpc) is 2.70. The van der Waals surface area contributed by atoms with E-state index in [1.165, 1.54) is 51.7 Å². The van der Waals surface area contributed by atoms with Gasteiger partial charge in [0.2, 0.25) is 0 Å². The van der Waals surface area contributed by atoms with Crippen LogP contribution in [0.4, 0.5) is 18.9 Å². The first-order chi connectivity index (χ1) is 13.7. The molecule has 0 radical (unpaired) electrons. The molecule has 2 rings (SSSR count). The van der Waals surface area contributed by atoms with Crippen molar-refractivity contribution in [3.63, 3.8) is 0 Å². The molecule has 0 saturated heterocycles. The van der Waals surface area contributed by atoms with Gasteiger partial charge in [0.1, 0.15) is 17.4 Å². The van der Waals surface area contributed by atoms with Gasteiger partial charge in [-0.1, -0.05) is 12.1 Å². The Morgan fingerprint density at radius 3 is 2.17 bits per heavy atom. The molecule has 1 amide bonds. The van der Waals surface area contributed by atoms with Crippen molar-refractivity contribution in [3.8, 4) is 23.3 Å². The van der Waals surface area contributed by atoms with Crippen molar-refractivity contribution in [1.82, 2.24) is 0 Å². The van der Waals surface area contributed by atoms with Gasteiger partial charge in [0, 0.05) is 11.6 Å². The average molecular weight is 406 g/mol. The highest BCUT2D eigenvalue weighted by Gasteiger charge is 2.33. The number of ether oxygens (including phenoxy) is 3. The maximum atomic E-state index is 13.1. The topological polar surface area (TPSA) is 80.6 Å². The molecule has 6 nitrogen and oxygen atoms in total. The highest BCUT2D eigenvalue weighted by Crippen LogP contribution is 2.36. The molecule has 0 fully saturated rings. The summed E-state index contributed by atoms with van der Waals surface area (Å²) in [6.07, 6.45) is -3.47. The molecule has 2 aromatic carbocycles. The van der Waals surface area contributed by atoms with Crippen LogP contribution in [0.3, 0.4) is 0 Å². The fourth-order valence-electron chi connectivity index (χ4n) is 2.50. The van der Waals surface area contributed by atoms with Crippen LogP contribution in [0, 0.1) is 11.3 Å². The number of methoxy groups -OCH3 is 3. The van der Waals surface area contributed by atoms with Crippen molar-refractivity contribution in [3.05, 3.63) is 53.1 Å². The lowest BCUT2D eigenvalue weighted by molar-refractivity contribution is -0.137. The first-order valence-electron chi connectivity index (χ1n) is 8.14. The third kappa shape index (κ3) is 4.99. The number of nitrogens with one attached hydrogen (secondary N) is 1. The van der Waals surface area contributed by atoms with Gasteiger partial charge in [-0.3, -0.25) is 4.79 Å². The first kappa shape index (κ1) is 21.6. The summed E-state index contributed by atoms with van der Waals surface area (Å²) in [7, 11) is 4.22. The number of nitriles is 1. The third-order valence-corrected chi connectivity index (χ3v) is 3.88. The molecule has 9 heteroatoms. The van der Waals surface area contributed by atoms with Crippen LogP contribution in [0.15, 0.2) is 42.0 Å². The van der Waals surface area contributed by atoms with Gasteiger partial charge in [-0.2, -0.15) is 18.4 Å². The first-order valence-corrected chi connectivity index (χ1v) is 8.14. The van der Waals surface area contributed by atoms with Crippen molar-refractivity contribution < 1.29 is 32.2 Å². The fraction of sp³-hybridized carbons (Fsp3) is 0.200. The summed E-state index contributed by atoms with van der Waals surface area (Å²) in [6.45, 7) is 0. The number of hydrogen-bond acceptors (Lipinski definition) is 5. The van der Waals surface area contributed by atoms with Crippen molar-refractivity contribution in [2.24, 2.45) is 0 Å². The zero-order chi connectivity index (χ0) is 21.6. The van der Waals surface area contributed by atoms with E-state index in [1.54, 1.807) is 6.07 Å². The summed E-state index contributed by atoms with van der Waals surface area (Å²) in [4.78, 5) is 12.4. The number of anilines is 1. The summed E-state index contributed by atoms with van der Waals surface area (Å²) in [6, 6.07) is 9.15. The predicted molar refractivity (Wildman–Crippen MR) is 99.8 cm³/mol. The maximum Gasteiger partial charge on any atom is 0.418 e. The zero-order valence-corrected chi connectivity index (χ0v) is 15.8. The van der Waals surface area contributed by atoms with Gasteiger partial charge < -0.3 is 19.5 Å². The molecule has 0 bridgehead atoms. The molecule has 29 heavy (non-hydrogen) atoms. The van der Waals surface area contributed by atoms with Gasteiger partial charge in [-0.15, -0.1) is 0 Å². The van der Waals surface area contributed by atoms with Gasteiger partial charge in [0.05, 0.1) is 32.6 Å². The Hall–Kier alpha value is -3.67. The molecule has 1 N–H and O–H groups in total. The molecule has 0 aliphatic rings. The second-order valence-corrected chi connectivity index (χ2v) is 5.62. The maximum absolute atomic E-state index is 13.1. The normalized spacial score (nSPS) is 11.4. The van der Waals surface area contributed by atoms with E-state index in [4.69, 9.17) is 14.2 Å². The van der Waals surface area contributed by atoms with Crippen LogP contribution < -0.4 is 19.5 Å². The summed E-state index contributed by atoms with van der Waals surface area (Å²) in [5.74, 6) is -0.0387. The van der Waals surface area contributed by atoms with Crippen LogP contribution in [0.2, 0.25) is 0 Å². The molecule has 152 valence electrons. The molecule has 0 aliphatic carbocycles. The number of carbonyl (C=O) groups excluding carboxylic acids is 1. The molecule has 0 heterocycles. The van der Waals surface area contributed by atoms with E-state index in [-0.39, 0.29) is 5.75 Å². The van der Waals surface area contributed by atoms with Crippen molar-refractivity contribution in [2.45, 2.75) is 6.18 Å². The molecule has 0 atom stereocenters. The summed E-state index contributed by atoms with van der Waals surface area (Å²) >= 11 is 0. The zero-order valence-electron chi connectivity index (χ0n) is 15.8. The Bertz CT molecular complexity index is 979. The van der Waals surface area contributed by atoms with E-state index in [2.05, 4.69) is 5.32 Å². The van der Waals surface area contributed by atoms with Gasteiger partial charge in [0.15, 0.2) is 11.5 Å². The number of nitrogens with zero attached hydrogens (tertiary/aromatic N) is 1. The number of hydrogen-bond donors (Lipinski definition) is 1. The van der Waals surface area contributed by atoms with Crippen LogP contribution in [-0.4, -0.2) is 27.2 Å². The van der Waals surface area contributed by atoms with Crippen molar-refractivity contribution in [2.75, 3.05) is 26.6 Å². The Kier molecular flexibility index (Phi) is 6.72. The lowest BCUT2D eigenvalue weighted by Gasteiger charge is -2.14. The van der Waals surface area contributed by atoms with Crippen LogP contribution in [0.25, 0.3) is 6.08 Å². The molecule has 0 unspecified atom stereocenters. The number of alkyl halides is 3. The van der Waals surface area contributed by atoms with Crippen LogP contribution in [0.5, 0.6) is 17.2 Å². The minimum Gasteiger partial charge on any atom is -0.496 e.